The van der Waals surface area contributed by atoms with Crippen molar-refractivity contribution in [2.24, 2.45) is 0 Å². The lowest BCUT2D eigenvalue weighted by Crippen LogP contribution is -1.95. The average molecular weight is 272 g/mol. The summed E-state index contributed by atoms with van der Waals surface area (Å²) in [6.45, 7) is 0. The molecule has 0 amide bonds. The summed E-state index contributed by atoms with van der Waals surface area (Å²) in [6.07, 6.45) is 0.320. The summed E-state index contributed by atoms with van der Waals surface area (Å²) in [5.74, 6) is -1.43. The van der Waals surface area contributed by atoms with Crippen molar-refractivity contribution in [2.45, 2.75) is 0 Å². The minimum Gasteiger partial charge on any atom is -0.497 e. The van der Waals surface area contributed by atoms with Crippen LogP contribution in [0.5, 0.6) is 5.75 Å². The van der Waals surface area contributed by atoms with E-state index in [9.17, 15) is 13.6 Å². The van der Waals surface area contributed by atoms with Gasteiger partial charge in [0, 0.05) is 5.39 Å². The minimum atomic E-state index is -1.11. The first-order valence-corrected chi connectivity index (χ1v) is 5.99. The SMILES string of the molecule is COc1ccc2c(ccc3c(F)c(F)c(C=O)cc32)c1. The van der Waals surface area contributed by atoms with Crippen molar-refractivity contribution < 1.29 is 18.3 Å². The third kappa shape index (κ3) is 1.72. The van der Waals surface area contributed by atoms with E-state index in [1.165, 1.54) is 12.1 Å². The molecule has 0 unspecified atom stereocenters. The zero-order valence-electron chi connectivity index (χ0n) is 10.6. The maximum Gasteiger partial charge on any atom is 0.169 e. The van der Waals surface area contributed by atoms with Gasteiger partial charge in [0.15, 0.2) is 17.9 Å². The van der Waals surface area contributed by atoms with Crippen LogP contribution < -0.4 is 4.74 Å². The van der Waals surface area contributed by atoms with E-state index in [4.69, 9.17) is 4.74 Å². The van der Waals surface area contributed by atoms with Gasteiger partial charge >= 0.3 is 0 Å². The molecule has 3 aromatic carbocycles. The molecule has 0 aliphatic heterocycles. The number of ether oxygens (including phenoxy) is 1. The summed E-state index contributed by atoms with van der Waals surface area (Å²) < 4.78 is 32.7. The van der Waals surface area contributed by atoms with E-state index in [-0.39, 0.29) is 10.9 Å². The van der Waals surface area contributed by atoms with Crippen LogP contribution in [0.15, 0.2) is 36.4 Å². The van der Waals surface area contributed by atoms with Crippen molar-refractivity contribution in [3.05, 3.63) is 53.6 Å². The Balaban J connectivity index is 2.47. The second kappa shape index (κ2) is 4.56. The van der Waals surface area contributed by atoms with Gasteiger partial charge in [-0.1, -0.05) is 18.2 Å². The number of carbonyl (C=O) groups is 1. The molecule has 0 bridgehead atoms. The van der Waals surface area contributed by atoms with Crippen molar-refractivity contribution in [1.29, 1.82) is 0 Å². The standard InChI is InChI=1S/C16H10F2O2/c1-20-11-3-5-12-9(6-11)2-4-13-14(12)7-10(8-19)15(17)16(13)18/h2-8H,1H3. The summed E-state index contributed by atoms with van der Waals surface area (Å²) in [7, 11) is 1.56. The Bertz CT molecular complexity index is 841. The fourth-order valence-electron chi connectivity index (χ4n) is 2.36. The number of methoxy groups -OCH3 is 1. The summed E-state index contributed by atoms with van der Waals surface area (Å²) in [4.78, 5) is 10.8. The number of carbonyl (C=O) groups excluding carboxylic acids is 1. The van der Waals surface area contributed by atoms with Gasteiger partial charge in [0.2, 0.25) is 0 Å². The molecule has 2 nitrogen and oxygen atoms in total. The maximum absolute atomic E-state index is 14.0. The highest BCUT2D eigenvalue weighted by Crippen LogP contribution is 2.31. The lowest BCUT2D eigenvalue weighted by molar-refractivity contribution is 0.111. The molecule has 20 heavy (non-hydrogen) atoms. The Morgan fingerprint density at radius 3 is 2.40 bits per heavy atom. The molecule has 100 valence electrons. The maximum atomic E-state index is 14.0. The molecule has 0 atom stereocenters. The lowest BCUT2D eigenvalue weighted by Gasteiger charge is -2.08. The first-order valence-electron chi connectivity index (χ1n) is 5.99. The van der Waals surface area contributed by atoms with Gasteiger partial charge in [-0.25, -0.2) is 8.78 Å². The molecular formula is C16H10F2O2. The summed E-state index contributed by atoms with van der Waals surface area (Å²) >= 11 is 0. The number of aldehydes is 1. The van der Waals surface area contributed by atoms with Crippen molar-refractivity contribution in [2.75, 3.05) is 7.11 Å². The van der Waals surface area contributed by atoms with Gasteiger partial charge in [-0.05, 0) is 34.4 Å². The van der Waals surface area contributed by atoms with E-state index in [2.05, 4.69) is 0 Å². The molecule has 0 saturated heterocycles. The molecule has 3 aromatic rings. The van der Waals surface area contributed by atoms with Crippen molar-refractivity contribution >= 4 is 27.8 Å². The molecule has 0 N–H and O–H groups in total. The van der Waals surface area contributed by atoms with Crippen LogP contribution in [0.4, 0.5) is 8.78 Å². The van der Waals surface area contributed by atoms with Crippen LogP contribution in [0.3, 0.4) is 0 Å². The monoisotopic (exact) mass is 272 g/mol. The quantitative estimate of drug-likeness (QED) is 0.518. The van der Waals surface area contributed by atoms with Crippen molar-refractivity contribution in [3.8, 4) is 5.75 Å². The third-order valence-electron chi connectivity index (χ3n) is 3.38. The Morgan fingerprint density at radius 1 is 0.950 bits per heavy atom. The number of rotatable bonds is 2. The van der Waals surface area contributed by atoms with Crippen LogP contribution in [0.1, 0.15) is 10.4 Å². The average Bonchev–Trinajstić information content (AvgIpc) is 2.49. The van der Waals surface area contributed by atoms with Gasteiger partial charge in [-0.3, -0.25) is 4.79 Å². The van der Waals surface area contributed by atoms with Gasteiger partial charge in [0.05, 0.1) is 12.7 Å². The highest BCUT2D eigenvalue weighted by Gasteiger charge is 2.14. The second-order valence-electron chi connectivity index (χ2n) is 4.46. The molecule has 0 saturated carbocycles. The molecule has 0 heterocycles. The van der Waals surface area contributed by atoms with Gasteiger partial charge in [-0.2, -0.15) is 0 Å². The zero-order chi connectivity index (χ0) is 14.3. The highest BCUT2D eigenvalue weighted by atomic mass is 19.2. The molecule has 0 spiro atoms. The fourth-order valence-corrected chi connectivity index (χ4v) is 2.36. The number of fused-ring (bicyclic) bond motifs is 3. The van der Waals surface area contributed by atoms with E-state index in [0.717, 1.165) is 10.8 Å². The van der Waals surface area contributed by atoms with Crippen LogP contribution in [0.2, 0.25) is 0 Å². The van der Waals surface area contributed by atoms with Crippen LogP contribution in [-0.2, 0) is 0 Å². The molecule has 0 aromatic heterocycles. The molecule has 0 aliphatic carbocycles. The molecular weight excluding hydrogens is 262 g/mol. The van der Waals surface area contributed by atoms with E-state index >= 15 is 0 Å². The predicted molar refractivity (Wildman–Crippen MR) is 73.3 cm³/mol. The van der Waals surface area contributed by atoms with E-state index < -0.39 is 11.6 Å². The topological polar surface area (TPSA) is 26.3 Å². The summed E-state index contributed by atoms with van der Waals surface area (Å²) in [6, 6.07) is 9.88. The van der Waals surface area contributed by atoms with Crippen LogP contribution in [0.25, 0.3) is 21.5 Å². The first-order chi connectivity index (χ1) is 9.65. The van der Waals surface area contributed by atoms with Gasteiger partial charge in [0.25, 0.3) is 0 Å². The van der Waals surface area contributed by atoms with Crippen molar-refractivity contribution in [3.63, 3.8) is 0 Å². The normalized spacial score (nSPS) is 10.9. The van der Waals surface area contributed by atoms with Crippen LogP contribution in [-0.4, -0.2) is 13.4 Å². The Labute approximate surface area is 113 Å². The highest BCUT2D eigenvalue weighted by molar-refractivity contribution is 6.09. The summed E-state index contributed by atoms with van der Waals surface area (Å²) in [5.41, 5.74) is -0.279. The largest absolute Gasteiger partial charge is 0.497 e. The predicted octanol–water partition coefficient (Wildman–Crippen LogP) is 4.09. The summed E-state index contributed by atoms with van der Waals surface area (Å²) in [5, 5.41) is 2.24. The smallest absolute Gasteiger partial charge is 0.169 e. The Kier molecular flexibility index (Phi) is 2.86. The second-order valence-corrected chi connectivity index (χ2v) is 4.46. The first kappa shape index (κ1) is 12.5. The molecule has 0 aliphatic rings. The van der Waals surface area contributed by atoms with Gasteiger partial charge < -0.3 is 4.74 Å². The molecule has 0 radical (unpaired) electrons. The fraction of sp³-hybridized carbons (Fsp3) is 0.0625. The minimum absolute atomic E-state index is 0.158. The van der Waals surface area contributed by atoms with Gasteiger partial charge in [0.1, 0.15) is 5.75 Å². The zero-order valence-corrected chi connectivity index (χ0v) is 10.6. The molecule has 3 rings (SSSR count). The number of hydrogen-bond acceptors (Lipinski definition) is 2. The Hall–Kier alpha value is -2.49. The number of benzene rings is 3. The van der Waals surface area contributed by atoms with Crippen molar-refractivity contribution in [1.82, 2.24) is 0 Å². The van der Waals surface area contributed by atoms with E-state index in [0.29, 0.717) is 17.4 Å². The van der Waals surface area contributed by atoms with E-state index in [1.54, 1.807) is 31.4 Å². The van der Waals surface area contributed by atoms with Gasteiger partial charge in [-0.15, -0.1) is 0 Å². The third-order valence-corrected chi connectivity index (χ3v) is 3.38. The number of hydrogen-bond donors (Lipinski definition) is 0. The molecule has 4 heteroatoms. The molecule has 0 fully saturated rings. The van der Waals surface area contributed by atoms with Crippen LogP contribution >= 0.6 is 0 Å². The van der Waals surface area contributed by atoms with Crippen LogP contribution in [0, 0.1) is 11.6 Å². The Morgan fingerprint density at radius 2 is 1.70 bits per heavy atom. The van der Waals surface area contributed by atoms with E-state index in [1.807, 2.05) is 0 Å². The number of halogens is 2. The lowest BCUT2D eigenvalue weighted by atomic mass is 9.99.